The zero-order valence-corrected chi connectivity index (χ0v) is 12.2. The summed E-state index contributed by atoms with van der Waals surface area (Å²) in [6.45, 7) is 3.91. The average molecular weight is 272 g/mol. The molecule has 2 saturated carbocycles. The highest BCUT2D eigenvalue weighted by Crippen LogP contribution is 2.48. The molecule has 0 radical (unpaired) electrons. The summed E-state index contributed by atoms with van der Waals surface area (Å²) >= 11 is 0. The van der Waals surface area contributed by atoms with Crippen LogP contribution in [0.5, 0.6) is 0 Å². The predicted molar refractivity (Wildman–Crippen MR) is 81.4 cm³/mol. The van der Waals surface area contributed by atoms with Crippen LogP contribution in [0.3, 0.4) is 0 Å². The second-order valence-electron chi connectivity index (χ2n) is 6.25. The first-order chi connectivity index (χ1) is 9.76. The highest BCUT2D eigenvalue weighted by molar-refractivity contribution is 5.93. The summed E-state index contributed by atoms with van der Waals surface area (Å²) in [5, 5.41) is 6.43. The van der Waals surface area contributed by atoms with Crippen LogP contribution in [0.4, 0.5) is 5.69 Å². The maximum atomic E-state index is 12.4. The first kappa shape index (κ1) is 13.6. The molecule has 3 rings (SSSR count). The largest absolute Gasteiger partial charge is 0.326 e. The maximum absolute atomic E-state index is 12.4. The molecule has 3 nitrogen and oxygen atoms in total. The number of carbonyl (C=O) groups is 1. The molecule has 0 saturated heterocycles. The molecular weight excluding hydrogens is 248 g/mol. The molecule has 3 atom stereocenters. The van der Waals surface area contributed by atoms with Crippen molar-refractivity contribution in [3.05, 3.63) is 29.8 Å². The van der Waals surface area contributed by atoms with E-state index in [1.807, 2.05) is 12.1 Å². The number of rotatable bonds is 5. The molecule has 1 aromatic carbocycles. The average Bonchev–Trinajstić information content (AvgIpc) is 3.08. The van der Waals surface area contributed by atoms with E-state index >= 15 is 0 Å². The van der Waals surface area contributed by atoms with Gasteiger partial charge in [-0.15, -0.1) is 0 Å². The summed E-state index contributed by atoms with van der Waals surface area (Å²) in [5.74, 6) is 1.95. The molecule has 1 aromatic rings. The minimum atomic E-state index is 0.234. The molecule has 2 fully saturated rings. The van der Waals surface area contributed by atoms with E-state index < -0.39 is 0 Å². The van der Waals surface area contributed by atoms with Crippen LogP contribution in [-0.2, 0) is 11.3 Å². The van der Waals surface area contributed by atoms with Crippen LogP contribution >= 0.6 is 0 Å². The van der Waals surface area contributed by atoms with E-state index in [4.69, 9.17) is 0 Å². The summed E-state index contributed by atoms with van der Waals surface area (Å²) in [7, 11) is 0. The van der Waals surface area contributed by atoms with Crippen molar-refractivity contribution in [2.75, 3.05) is 11.9 Å². The summed E-state index contributed by atoms with van der Waals surface area (Å²) in [6.07, 6.45) is 4.97. The number of hydrogen-bond donors (Lipinski definition) is 2. The van der Waals surface area contributed by atoms with Gasteiger partial charge in [0.2, 0.25) is 5.91 Å². The number of benzene rings is 1. The molecule has 0 spiro atoms. The van der Waals surface area contributed by atoms with Gasteiger partial charge in [0.05, 0.1) is 0 Å². The molecule has 3 unspecified atom stereocenters. The van der Waals surface area contributed by atoms with Gasteiger partial charge in [-0.2, -0.15) is 0 Å². The zero-order chi connectivity index (χ0) is 13.9. The number of fused-ring (bicyclic) bond motifs is 2. The van der Waals surface area contributed by atoms with Gasteiger partial charge in [-0.1, -0.05) is 25.5 Å². The number of amides is 1. The molecule has 108 valence electrons. The van der Waals surface area contributed by atoms with Crippen molar-refractivity contribution in [2.24, 2.45) is 17.8 Å². The summed E-state index contributed by atoms with van der Waals surface area (Å²) in [4.78, 5) is 12.4. The fourth-order valence-corrected chi connectivity index (χ4v) is 3.83. The number of carbonyl (C=O) groups excluding carboxylic acids is 1. The Hall–Kier alpha value is -1.35. The van der Waals surface area contributed by atoms with Gasteiger partial charge in [0.25, 0.3) is 0 Å². The van der Waals surface area contributed by atoms with Crippen LogP contribution in [0.25, 0.3) is 0 Å². The van der Waals surface area contributed by atoms with E-state index in [1.54, 1.807) is 0 Å². The van der Waals surface area contributed by atoms with Crippen LogP contribution in [0.1, 0.15) is 38.2 Å². The van der Waals surface area contributed by atoms with Gasteiger partial charge in [-0.05, 0) is 55.3 Å². The molecule has 20 heavy (non-hydrogen) atoms. The molecule has 3 heteroatoms. The molecular formula is C17H24N2O. The highest BCUT2D eigenvalue weighted by atomic mass is 16.1. The molecule has 0 aliphatic heterocycles. The second kappa shape index (κ2) is 5.96. The number of hydrogen-bond acceptors (Lipinski definition) is 2. The van der Waals surface area contributed by atoms with Crippen molar-refractivity contribution in [3.63, 3.8) is 0 Å². The number of anilines is 1. The van der Waals surface area contributed by atoms with Crippen molar-refractivity contribution in [2.45, 2.75) is 39.2 Å². The van der Waals surface area contributed by atoms with Crippen molar-refractivity contribution < 1.29 is 4.79 Å². The van der Waals surface area contributed by atoms with Crippen LogP contribution in [0, 0.1) is 17.8 Å². The van der Waals surface area contributed by atoms with Gasteiger partial charge in [0.1, 0.15) is 0 Å². The number of nitrogens with one attached hydrogen (secondary N) is 2. The monoisotopic (exact) mass is 272 g/mol. The van der Waals surface area contributed by atoms with Gasteiger partial charge in [0.15, 0.2) is 0 Å². The lowest BCUT2D eigenvalue weighted by Gasteiger charge is -2.21. The Bertz CT molecular complexity index is 486. The van der Waals surface area contributed by atoms with Gasteiger partial charge in [0, 0.05) is 18.2 Å². The lowest BCUT2D eigenvalue weighted by molar-refractivity contribution is -0.121. The molecule has 2 aliphatic rings. The van der Waals surface area contributed by atoms with Crippen molar-refractivity contribution >= 4 is 11.6 Å². The van der Waals surface area contributed by atoms with Crippen LogP contribution < -0.4 is 10.6 Å². The second-order valence-corrected chi connectivity index (χ2v) is 6.25. The van der Waals surface area contributed by atoms with Crippen molar-refractivity contribution in [1.29, 1.82) is 0 Å². The topological polar surface area (TPSA) is 41.1 Å². The first-order valence-electron chi connectivity index (χ1n) is 7.86. The Morgan fingerprint density at radius 1 is 1.30 bits per heavy atom. The Balaban J connectivity index is 1.61. The van der Waals surface area contributed by atoms with Gasteiger partial charge in [-0.25, -0.2) is 0 Å². The van der Waals surface area contributed by atoms with E-state index in [9.17, 15) is 4.79 Å². The Kier molecular flexibility index (Phi) is 4.06. The third kappa shape index (κ3) is 2.88. The molecule has 2 aliphatic carbocycles. The smallest absolute Gasteiger partial charge is 0.227 e. The predicted octanol–water partition coefficient (Wildman–Crippen LogP) is 3.17. The SMILES string of the molecule is CCNCc1cccc(NC(=O)C2CC3CCC2C3)c1. The maximum Gasteiger partial charge on any atom is 0.227 e. The highest BCUT2D eigenvalue weighted by Gasteiger charge is 2.42. The first-order valence-corrected chi connectivity index (χ1v) is 7.86. The van der Waals surface area contributed by atoms with E-state index in [2.05, 4.69) is 29.7 Å². The summed E-state index contributed by atoms with van der Waals surface area (Å²) in [6, 6.07) is 8.17. The van der Waals surface area contributed by atoms with E-state index in [1.165, 1.54) is 24.8 Å². The van der Waals surface area contributed by atoms with E-state index in [0.29, 0.717) is 5.92 Å². The molecule has 2 bridgehead atoms. The van der Waals surface area contributed by atoms with Crippen molar-refractivity contribution in [3.8, 4) is 0 Å². The standard InChI is InChI=1S/C17H24N2O/c1-2-18-11-13-4-3-5-15(9-13)19-17(20)16-10-12-6-7-14(16)8-12/h3-5,9,12,14,16,18H,2,6-8,10-11H2,1H3,(H,19,20). The minimum Gasteiger partial charge on any atom is -0.326 e. The third-order valence-electron chi connectivity index (χ3n) is 4.85. The molecule has 0 aromatic heterocycles. The summed E-state index contributed by atoms with van der Waals surface area (Å²) < 4.78 is 0. The van der Waals surface area contributed by atoms with E-state index in [-0.39, 0.29) is 11.8 Å². The van der Waals surface area contributed by atoms with Gasteiger partial charge < -0.3 is 10.6 Å². The normalized spacial score (nSPS) is 27.8. The Morgan fingerprint density at radius 3 is 2.90 bits per heavy atom. The zero-order valence-electron chi connectivity index (χ0n) is 12.2. The molecule has 0 heterocycles. The fourth-order valence-electron chi connectivity index (χ4n) is 3.83. The van der Waals surface area contributed by atoms with Crippen LogP contribution in [0.2, 0.25) is 0 Å². The van der Waals surface area contributed by atoms with Crippen molar-refractivity contribution in [1.82, 2.24) is 5.32 Å². The minimum absolute atomic E-state index is 0.234. The van der Waals surface area contributed by atoms with Gasteiger partial charge >= 0.3 is 0 Å². The lowest BCUT2D eigenvalue weighted by atomic mass is 9.88. The lowest BCUT2D eigenvalue weighted by Crippen LogP contribution is -2.27. The van der Waals surface area contributed by atoms with Crippen LogP contribution in [-0.4, -0.2) is 12.5 Å². The third-order valence-corrected chi connectivity index (χ3v) is 4.85. The Morgan fingerprint density at radius 2 is 2.20 bits per heavy atom. The van der Waals surface area contributed by atoms with E-state index in [0.717, 1.165) is 31.1 Å². The Labute approximate surface area is 121 Å². The fraction of sp³-hybridized carbons (Fsp3) is 0.588. The molecule has 1 amide bonds. The van der Waals surface area contributed by atoms with Crippen LogP contribution in [0.15, 0.2) is 24.3 Å². The quantitative estimate of drug-likeness (QED) is 0.864. The van der Waals surface area contributed by atoms with Gasteiger partial charge in [-0.3, -0.25) is 4.79 Å². The summed E-state index contributed by atoms with van der Waals surface area (Å²) in [5.41, 5.74) is 2.16. The molecule has 2 N–H and O–H groups in total.